The Labute approximate surface area is 111 Å². The van der Waals surface area contributed by atoms with Crippen molar-refractivity contribution in [3.8, 4) is 0 Å². The SMILES string of the molecule is O=S1(=O)CCC(NC2CCCC(C(F)(F)F)C2)CC1. The van der Waals surface area contributed by atoms with Gasteiger partial charge in [-0.25, -0.2) is 8.42 Å². The maximum atomic E-state index is 12.7. The van der Waals surface area contributed by atoms with E-state index in [0.717, 1.165) is 6.42 Å². The van der Waals surface area contributed by atoms with Crippen LogP contribution in [-0.4, -0.2) is 38.2 Å². The molecular formula is C12H20F3NO2S. The Balaban J connectivity index is 1.83. The summed E-state index contributed by atoms with van der Waals surface area (Å²) in [6.07, 6.45) is -1.35. The van der Waals surface area contributed by atoms with E-state index in [1.54, 1.807) is 0 Å². The quantitative estimate of drug-likeness (QED) is 0.851. The highest BCUT2D eigenvalue weighted by molar-refractivity contribution is 7.91. The van der Waals surface area contributed by atoms with E-state index >= 15 is 0 Å². The number of sulfone groups is 1. The molecule has 2 unspecified atom stereocenters. The molecule has 1 heterocycles. The average Bonchev–Trinajstić information content (AvgIpc) is 2.31. The molecule has 3 nitrogen and oxygen atoms in total. The minimum atomic E-state index is -4.10. The number of rotatable bonds is 2. The summed E-state index contributed by atoms with van der Waals surface area (Å²) in [6, 6.07) is -0.0633. The first-order chi connectivity index (χ1) is 8.76. The second kappa shape index (κ2) is 5.60. The lowest BCUT2D eigenvalue weighted by Gasteiger charge is -2.34. The van der Waals surface area contributed by atoms with Gasteiger partial charge < -0.3 is 5.32 Å². The Kier molecular flexibility index (Phi) is 4.45. The van der Waals surface area contributed by atoms with Crippen LogP contribution in [0.4, 0.5) is 13.2 Å². The van der Waals surface area contributed by atoms with Gasteiger partial charge in [0.1, 0.15) is 9.84 Å². The summed E-state index contributed by atoms with van der Waals surface area (Å²) >= 11 is 0. The summed E-state index contributed by atoms with van der Waals surface area (Å²) in [6.45, 7) is 0. The van der Waals surface area contributed by atoms with Crippen molar-refractivity contribution in [1.29, 1.82) is 0 Å². The Morgan fingerprint density at radius 1 is 0.947 bits per heavy atom. The largest absolute Gasteiger partial charge is 0.391 e. The second-order valence-corrected chi connectivity index (χ2v) is 8.00. The fourth-order valence-corrected chi connectivity index (χ4v) is 4.52. The van der Waals surface area contributed by atoms with Gasteiger partial charge in [0, 0.05) is 12.1 Å². The Morgan fingerprint density at radius 2 is 1.58 bits per heavy atom. The monoisotopic (exact) mass is 299 g/mol. The molecule has 0 aromatic rings. The van der Waals surface area contributed by atoms with Gasteiger partial charge in [0.15, 0.2) is 0 Å². The molecule has 0 aromatic heterocycles. The molecule has 0 amide bonds. The predicted octanol–water partition coefficient (Wildman–Crippen LogP) is 2.27. The minimum absolute atomic E-state index is 0.0560. The molecule has 19 heavy (non-hydrogen) atoms. The smallest absolute Gasteiger partial charge is 0.311 e. The van der Waals surface area contributed by atoms with Gasteiger partial charge in [-0.2, -0.15) is 13.2 Å². The summed E-state index contributed by atoms with van der Waals surface area (Å²) in [5.74, 6) is -0.897. The van der Waals surface area contributed by atoms with Crippen LogP contribution in [0.25, 0.3) is 0 Å². The number of alkyl halides is 3. The summed E-state index contributed by atoms with van der Waals surface area (Å²) in [4.78, 5) is 0. The van der Waals surface area contributed by atoms with Crippen molar-refractivity contribution in [3.05, 3.63) is 0 Å². The normalized spacial score (nSPS) is 33.2. The first kappa shape index (κ1) is 15.1. The lowest BCUT2D eigenvalue weighted by molar-refractivity contribution is -0.183. The highest BCUT2D eigenvalue weighted by Crippen LogP contribution is 2.37. The van der Waals surface area contributed by atoms with Crippen LogP contribution in [0.2, 0.25) is 0 Å². The molecule has 112 valence electrons. The van der Waals surface area contributed by atoms with Crippen LogP contribution in [0.15, 0.2) is 0 Å². The zero-order chi connectivity index (χ0) is 14.1. The number of halogens is 3. The van der Waals surface area contributed by atoms with Gasteiger partial charge in [0.05, 0.1) is 17.4 Å². The third kappa shape index (κ3) is 4.34. The van der Waals surface area contributed by atoms with Crippen LogP contribution in [0.3, 0.4) is 0 Å². The summed E-state index contributed by atoms with van der Waals surface area (Å²) in [5, 5.41) is 3.23. The molecule has 2 atom stereocenters. The van der Waals surface area contributed by atoms with Crippen LogP contribution in [0, 0.1) is 5.92 Å². The minimum Gasteiger partial charge on any atom is -0.311 e. The van der Waals surface area contributed by atoms with Crippen molar-refractivity contribution in [2.45, 2.75) is 56.8 Å². The molecule has 1 N–H and O–H groups in total. The third-order valence-corrected chi connectivity index (χ3v) is 5.88. The van der Waals surface area contributed by atoms with Gasteiger partial charge in [-0.15, -0.1) is 0 Å². The van der Waals surface area contributed by atoms with E-state index in [9.17, 15) is 21.6 Å². The van der Waals surface area contributed by atoms with E-state index in [1.807, 2.05) is 0 Å². The van der Waals surface area contributed by atoms with Crippen LogP contribution in [0.1, 0.15) is 38.5 Å². The predicted molar refractivity (Wildman–Crippen MR) is 66.6 cm³/mol. The van der Waals surface area contributed by atoms with Gasteiger partial charge in [0.25, 0.3) is 0 Å². The molecule has 2 aliphatic rings. The van der Waals surface area contributed by atoms with Crippen LogP contribution in [0.5, 0.6) is 0 Å². The van der Waals surface area contributed by atoms with Crippen molar-refractivity contribution >= 4 is 9.84 Å². The molecule has 2 rings (SSSR count). The van der Waals surface area contributed by atoms with E-state index in [2.05, 4.69) is 5.32 Å². The number of hydrogen-bond donors (Lipinski definition) is 1. The van der Waals surface area contributed by atoms with E-state index in [0.29, 0.717) is 19.3 Å². The summed E-state index contributed by atoms with van der Waals surface area (Å²) < 4.78 is 60.7. The molecule has 1 saturated heterocycles. The molecular weight excluding hydrogens is 279 g/mol. The van der Waals surface area contributed by atoms with E-state index < -0.39 is 21.9 Å². The first-order valence-electron chi connectivity index (χ1n) is 6.79. The van der Waals surface area contributed by atoms with Gasteiger partial charge in [-0.3, -0.25) is 0 Å². The highest BCUT2D eigenvalue weighted by atomic mass is 32.2. The summed E-state index contributed by atoms with van der Waals surface area (Å²) in [7, 11) is -2.91. The van der Waals surface area contributed by atoms with E-state index in [1.165, 1.54) is 0 Å². The standard InChI is InChI=1S/C12H20F3NO2S/c13-12(14,15)9-2-1-3-11(8-9)16-10-4-6-19(17,18)7-5-10/h9-11,16H,1-8H2. The average molecular weight is 299 g/mol. The lowest BCUT2D eigenvalue weighted by atomic mass is 9.84. The zero-order valence-corrected chi connectivity index (χ0v) is 11.6. The van der Waals surface area contributed by atoms with Gasteiger partial charge >= 0.3 is 6.18 Å². The molecule has 2 fully saturated rings. The molecule has 1 saturated carbocycles. The molecule has 0 radical (unpaired) electrons. The van der Waals surface area contributed by atoms with Crippen LogP contribution < -0.4 is 5.32 Å². The fraction of sp³-hybridized carbons (Fsp3) is 1.00. The Morgan fingerprint density at radius 3 is 2.16 bits per heavy atom. The molecule has 0 aromatic carbocycles. The fourth-order valence-electron chi connectivity index (χ4n) is 3.03. The van der Waals surface area contributed by atoms with Gasteiger partial charge in [-0.1, -0.05) is 6.42 Å². The van der Waals surface area contributed by atoms with Crippen LogP contribution >= 0.6 is 0 Å². The second-order valence-electron chi connectivity index (χ2n) is 5.69. The number of hydrogen-bond acceptors (Lipinski definition) is 3. The molecule has 0 bridgehead atoms. The molecule has 7 heteroatoms. The maximum Gasteiger partial charge on any atom is 0.391 e. The Bertz CT molecular complexity index is 394. The van der Waals surface area contributed by atoms with E-state index in [4.69, 9.17) is 0 Å². The van der Waals surface area contributed by atoms with Crippen molar-refractivity contribution in [1.82, 2.24) is 5.32 Å². The van der Waals surface area contributed by atoms with Crippen LogP contribution in [-0.2, 0) is 9.84 Å². The first-order valence-corrected chi connectivity index (χ1v) is 8.61. The van der Waals surface area contributed by atoms with Crippen molar-refractivity contribution < 1.29 is 21.6 Å². The van der Waals surface area contributed by atoms with Crippen molar-refractivity contribution in [2.75, 3.05) is 11.5 Å². The van der Waals surface area contributed by atoms with Gasteiger partial charge in [-0.05, 0) is 32.1 Å². The third-order valence-electron chi connectivity index (χ3n) is 4.16. The zero-order valence-electron chi connectivity index (χ0n) is 10.7. The summed E-state index contributed by atoms with van der Waals surface area (Å²) in [5.41, 5.74) is 0. The number of nitrogens with one attached hydrogen (secondary N) is 1. The van der Waals surface area contributed by atoms with Gasteiger partial charge in [0.2, 0.25) is 0 Å². The van der Waals surface area contributed by atoms with E-state index in [-0.39, 0.29) is 36.4 Å². The molecule has 1 aliphatic carbocycles. The lowest BCUT2D eigenvalue weighted by Crippen LogP contribution is -2.46. The Hall–Kier alpha value is -0.300. The molecule has 0 spiro atoms. The topological polar surface area (TPSA) is 46.2 Å². The highest BCUT2D eigenvalue weighted by Gasteiger charge is 2.42. The van der Waals surface area contributed by atoms with Crippen molar-refractivity contribution in [3.63, 3.8) is 0 Å². The van der Waals surface area contributed by atoms with Crippen molar-refractivity contribution in [2.24, 2.45) is 5.92 Å². The maximum absolute atomic E-state index is 12.7. The molecule has 1 aliphatic heterocycles.